The maximum atomic E-state index is 11.7. The van der Waals surface area contributed by atoms with Gasteiger partial charge in [0.2, 0.25) is 0 Å². The molecule has 6 heteroatoms. The minimum atomic E-state index is -1.57. The molecule has 0 bridgehead atoms. The first-order valence-electron chi connectivity index (χ1n) is 6.19. The second-order valence-electron chi connectivity index (χ2n) is 4.51. The van der Waals surface area contributed by atoms with E-state index >= 15 is 0 Å². The van der Waals surface area contributed by atoms with Gasteiger partial charge in [-0.1, -0.05) is 30.3 Å². The molecule has 1 unspecified atom stereocenters. The van der Waals surface area contributed by atoms with Gasteiger partial charge in [-0.25, -0.2) is 9.59 Å². The fourth-order valence-corrected chi connectivity index (χ4v) is 1.98. The summed E-state index contributed by atoms with van der Waals surface area (Å²) < 4.78 is 9.55. The quantitative estimate of drug-likeness (QED) is 0.660. The van der Waals surface area contributed by atoms with Crippen LogP contribution < -0.4 is 5.32 Å². The number of hydrogen-bond acceptors (Lipinski definition) is 5. The Hall–Kier alpha value is -2.37. The van der Waals surface area contributed by atoms with Gasteiger partial charge in [0.25, 0.3) is 0 Å². The zero-order chi connectivity index (χ0) is 14.6. The highest BCUT2D eigenvalue weighted by atomic mass is 16.6. The number of nitrogens with one attached hydrogen (secondary N) is 1. The zero-order valence-electron chi connectivity index (χ0n) is 11.0. The number of carbonyl (C=O) groups excluding carboxylic acids is 3. The van der Waals surface area contributed by atoms with E-state index < -0.39 is 17.6 Å². The topological polar surface area (TPSA) is 81.7 Å². The smallest absolute Gasteiger partial charge is 0.408 e. The molecule has 1 amide bonds. The van der Waals surface area contributed by atoms with Crippen molar-refractivity contribution in [3.8, 4) is 0 Å². The van der Waals surface area contributed by atoms with Crippen LogP contribution in [-0.2, 0) is 25.7 Å². The van der Waals surface area contributed by atoms with Crippen LogP contribution in [0, 0.1) is 0 Å². The number of methoxy groups -OCH3 is 1. The number of esters is 1. The number of ether oxygens (including phenoxy) is 2. The highest BCUT2D eigenvalue weighted by molar-refractivity contribution is 6.14. The highest BCUT2D eigenvalue weighted by Crippen LogP contribution is 2.29. The normalized spacial score (nSPS) is 20.8. The van der Waals surface area contributed by atoms with Crippen molar-refractivity contribution in [2.24, 2.45) is 0 Å². The molecule has 2 rings (SSSR count). The van der Waals surface area contributed by atoms with E-state index in [0.717, 1.165) is 5.56 Å². The number of alkyl carbamates (subject to hydrolysis) is 1. The third kappa shape index (κ3) is 2.64. The highest BCUT2D eigenvalue weighted by Gasteiger charge is 2.55. The number of Topliss-reactive ketones (excluding diaryl/α,β-unsaturated/α-hetero) is 1. The zero-order valence-corrected chi connectivity index (χ0v) is 11.0. The van der Waals surface area contributed by atoms with E-state index in [-0.39, 0.29) is 25.2 Å². The van der Waals surface area contributed by atoms with E-state index in [0.29, 0.717) is 0 Å². The maximum Gasteiger partial charge on any atom is 0.408 e. The molecule has 0 radical (unpaired) electrons. The van der Waals surface area contributed by atoms with Crippen molar-refractivity contribution in [1.29, 1.82) is 0 Å². The summed E-state index contributed by atoms with van der Waals surface area (Å²) in [5.41, 5.74) is -0.752. The lowest BCUT2D eigenvalue weighted by atomic mass is 9.75. The van der Waals surface area contributed by atoms with Crippen LogP contribution in [-0.4, -0.2) is 30.5 Å². The first-order valence-corrected chi connectivity index (χ1v) is 6.19. The molecule has 1 N–H and O–H groups in total. The van der Waals surface area contributed by atoms with Gasteiger partial charge in [-0.15, -0.1) is 0 Å². The van der Waals surface area contributed by atoms with Crippen molar-refractivity contribution in [1.82, 2.24) is 5.32 Å². The number of rotatable bonds is 4. The SMILES string of the molecule is COC(=O)C1(NC(=O)OCc2ccccc2)CCC1=O. The van der Waals surface area contributed by atoms with Gasteiger partial charge in [0.15, 0.2) is 11.3 Å². The molecular formula is C14H15NO5. The lowest BCUT2D eigenvalue weighted by Gasteiger charge is -2.36. The Morgan fingerprint density at radius 1 is 1.30 bits per heavy atom. The summed E-state index contributed by atoms with van der Waals surface area (Å²) in [5, 5.41) is 2.32. The summed E-state index contributed by atoms with van der Waals surface area (Å²) in [6.45, 7) is 0.0676. The van der Waals surface area contributed by atoms with E-state index in [9.17, 15) is 14.4 Å². The molecule has 6 nitrogen and oxygen atoms in total. The molecule has 1 aromatic rings. The Morgan fingerprint density at radius 3 is 2.50 bits per heavy atom. The van der Waals surface area contributed by atoms with E-state index in [4.69, 9.17) is 4.74 Å². The van der Waals surface area contributed by atoms with Gasteiger partial charge in [0.1, 0.15) is 6.61 Å². The van der Waals surface area contributed by atoms with Crippen LogP contribution in [0.5, 0.6) is 0 Å². The van der Waals surface area contributed by atoms with Crippen molar-refractivity contribution >= 4 is 17.8 Å². The van der Waals surface area contributed by atoms with Crippen LogP contribution in [0.1, 0.15) is 18.4 Å². The van der Waals surface area contributed by atoms with Gasteiger partial charge >= 0.3 is 12.1 Å². The largest absolute Gasteiger partial charge is 0.467 e. The standard InChI is InChI=1S/C14H15NO5/c1-19-12(17)14(8-7-11(14)16)15-13(18)20-9-10-5-3-2-4-6-10/h2-6H,7-9H2,1H3,(H,15,18). The summed E-state index contributed by atoms with van der Waals surface area (Å²) in [5.74, 6) is -1.12. The molecule has 20 heavy (non-hydrogen) atoms. The van der Waals surface area contributed by atoms with Crippen molar-refractivity contribution < 1.29 is 23.9 Å². The van der Waals surface area contributed by atoms with Gasteiger partial charge < -0.3 is 9.47 Å². The number of carbonyl (C=O) groups is 3. The summed E-state index contributed by atoms with van der Waals surface area (Å²) in [6.07, 6.45) is -0.334. The van der Waals surface area contributed by atoms with Crippen molar-refractivity contribution in [3.63, 3.8) is 0 Å². The number of benzene rings is 1. The molecule has 1 aliphatic rings. The van der Waals surface area contributed by atoms with Crippen molar-refractivity contribution in [2.75, 3.05) is 7.11 Å². The fourth-order valence-electron chi connectivity index (χ4n) is 1.98. The third-order valence-electron chi connectivity index (χ3n) is 3.27. The number of hydrogen-bond donors (Lipinski definition) is 1. The average Bonchev–Trinajstić information content (AvgIpc) is 2.49. The van der Waals surface area contributed by atoms with Gasteiger partial charge in [-0.05, 0) is 12.0 Å². The third-order valence-corrected chi connectivity index (χ3v) is 3.27. The minimum Gasteiger partial charge on any atom is -0.467 e. The van der Waals surface area contributed by atoms with Crippen LogP contribution >= 0.6 is 0 Å². The van der Waals surface area contributed by atoms with E-state index in [1.54, 1.807) is 12.1 Å². The molecule has 1 aromatic carbocycles. The first-order chi connectivity index (χ1) is 9.58. The molecule has 0 spiro atoms. The molecule has 1 aliphatic carbocycles. The van der Waals surface area contributed by atoms with E-state index in [1.165, 1.54) is 7.11 Å². The average molecular weight is 277 g/mol. The summed E-state index contributed by atoms with van der Waals surface area (Å²) in [7, 11) is 1.17. The fraction of sp³-hybridized carbons (Fsp3) is 0.357. The molecule has 0 aromatic heterocycles. The molecule has 0 aliphatic heterocycles. The first kappa shape index (κ1) is 14.0. The van der Waals surface area contributed by atoms with Crippen LogP contribution in [0.4, 0.5) is 4.79 Å². The Morgan fingerprint density at radius 2 is 2.00 bits per heavy atom. The molecule has 106 valence electrons. The predicted octanol–water partition coefficient (Wildman–Crippen LogP) is 1.19. The minimum absolute atomic E-state index is 0.0676. The van der Waals surface area contributed by atoms with Crippen LogP contribution in [0.3, 0.4) is 0 Å². The monoisotopic (exact) mass is 277 g/mol. The molecule has 1 fully saturated rings. The molecule has 1 atom stereocenters. The van der Waals surface area contributed by atoms with Crippen LogP contribution in [0.25, 0.3) is 0 Å². The molecule has 0 heterocycles. The molecular weight excluding hydrogens is 262 g/mol. The van der Waals surface area contributed by atoms with Crippen molar-refractivity contribution in [2.45, 2.75) is 25.0 Å². The number of ketones is 1. The summed E-state index contributed by atoms with van der Waals surface area (Å²) in [6, 6.07) is 9.10. The van der Waals surface area contributed by atoms with Crippen LogP contribution in [0.15, 0.2) is 30.3 Å². The molecule has 0 saturated heterocycles. The van der Waals surface area contributed by atoms with E-state index in [1.807, 2.05) is 18.2 Å². The lowest BCUT2D eigenvalue weighted by molar-refractivity contribution is -0.158. The summed E-state index contributed by atoms with van der Waals surface area (Å²) in [4.78, 5) is 34.9. The second-order valence-corrected chi connectivity index (χ2v) is 4.51. The Balaban J connectivity index is 1.93. The number of amides is 1. The Labute approximate surface area is 116 Å². The summed E-state index contributed by atoms with van der Waals surface area (Å²) >= 11 is 0. The van der Waals surface area contributed by atoms with E-state index in [2.05, 4.69) is 10.1 Å². The van der Waals surface area contributed by atoms with Gasteiger partial charge in [-0.3, -0.25) is 10.1 Å². The van der Waals surface area contributed by atoms with Gasteiger partial charge in [0.05, 0.1) is 7.11 Å². The van der Waals surface area contributed by atoms with Crippen molar-refractivity contribution in [3.05, 3.63) is 35.9 Å². The Bertz CT molecular complexity index is 528. The van der Waals surface area contributed by atoms with Gasteiger partial charge in [-0.2, -0.15) is 0 Å². The lowest BCUT2D eigenvalue weighted by Crippen LogP contribution is -2.66. The molecule has 1 saturated carbocycles. The second kappa shape index (κ2) is 5.73. The van der Waals surface area contributed by atoms with Gasteiger partial charge in [0, 0.05) is 6.42 Å². The Kier molecular flexibility index (Phi) is 4.02. The van der Waals surface area contributed by atoms with Crippen LogP contribution in [0.2, 0.25) is 0 Å². The maximum absolute atomic E-state index is 11.7. The predicted molar refractivity (Wildman–Crippen MR) is 68.8 cm³/mol.